The number of ether oxygens (including phenoxy) is 3. The second kappa shape index (κ2) is 7.25. The summed E-state index contributed by atoms with van der Waals surface area (Å²) in [5, 5.41) is 6.79. The number of benzene rings is 1. The largest absolute Gasteiger partial charge is 0.486 e. The molecule has 1 N–H and O–H groups in total. The summed E-state index contributed by atoms with van der Waals surface area (Å²) in [5.41, 5.74) is 0.296. The lowest BCUT2D eigenvalue weighted by atomic mass is 10.2. The van der Waals surface area contributed by atoms with Gasteiger partial charge in [-0.05, 0) is 32.0 Å². The van der Waals surface area contributed by atoms with E-state index in [0.717, 1.165) is 0 Å². The molecule has 0 aliphatic carbocycles. The Morgan fingerprint density at radius 1 is 1.24 bits per heavy atom. The van der Waals surface area contributed by atoms with E-state index in [0.29, 0.717) is 36.1 Å². The van der Waals surface area contributed by atoms with Crippen molar-refractivity contribution >= 4 is 17.7 Å². The first-order valence-electron chi connectivity index (χ1n) is 7.94. The van der Waals surface area contributed by atoms with Gasteiger partial charge in [-0.25, -0.2) is 9.48 Å². The number of aromatic nitrogens is 2. The number of carbonyl (C=O) groups is 2. The van der Waals surface area contributed by atoms with Gasteiger partial charge in [0.1, 0.15) is 19.0 Å². The van der Waals surface area contributed by atoms with Crippen molar-refractivity contribution in [2.75, 3.05) is 25.1 Å². The molecule has 1 aliphatic heterocycles. The zero-order chi connectivity index (χ0) is 17.8. The Kier molecular flexibility index (Phi) is 4.87. The van der Waals surface area contributed by atoms with Crippen molar-refractivity contribution in [3.8, 4) is 11.5 Å². The molecule has 8 heteroatoms. The first-order valence-corrected chi connectivity index (χ1v) is 7.94. The van der Waals surface area contributed by atoms with Gasteiger partial charge in [-0.1, -0.05) is 0 Å². The maximum Gasteiger partial charge on any atom is 0.338 e. The van der Waals surface area contributed by atoms with Crippen LogP contribution in [0.4, 0.5) is 5.82 Å². The van der Waals surface area contributed by atoms with Crippen molar-refractivity contribution in [1.82, 2.24) is 9.78 Å². The third-order valence-electron chi connectivity index (χ3n) is 3.54. The predicted molar refractivity (Wildman–Crippen MR) is 89.0 cm³/mol. The smallest absolute Gasteiger partial charge is 0.338 e. The van der Waals surface area contributed by atoms with Crippen LogP contribution in [-0.4, -0.2) is 41.5 Å². The summed E-state index contributed by atoms with van der Waals surface area (Å²) in [6.07, 6.45) is 1.59. The van der Waals surface area contributed by atoms with Crippen molar-refractivity contribution in [3.05, 3.63) is 36.0 Å². The standard InChI is InChI=1S/C17H19N3O5/c1-11(2)20-15(5-6-18-20)19-16(21)10-25-17(22)12-3-4-13-14(9-12)24-8-7-23-13/h3-6,9,11H,7-8,10H2,1-2H3,(H,19,21). The molecule has 1 aliphatic rings. The highest BCUT2D eigenvalue weighted by molar-refractivity contribution is 5.95. The second-order valence-electron chi connectivity index (χ2n) is 5.74. The molecule has 1 aromatic heterocycles. The summed E-state index contributed by atoms with van der Waals surface area (Å²) >= 11 is 0. The van der Waals surface area contributed by atoms with Gasteiger partial charge in [0.05, 0.1) is 11.8 Å². The van der Waals surface area contributed by atoms with Crippen molar-refractivity contribution in [2.24, 2.45) is 0 Å². The number of hydrogen-bond acceptors (Lipinski definition) is 6. The van der Waals surface area contributed by atoms with Gasteiger partial charge in [0.15, 0.2) is 18.1 Å². The molecule has 132 valence electrons. The van der Waals surface area contributed by atoms with Gasteiger partial charge in [0.25, 0.3) is 5.91 Å². The van der Waals surface area contributed by atoms with E-state index in [1.165, 1.54) is 0 Å². The minimum atomic E-state index is -0.607. The number of nitrogens with one attached hydrogen (secondary N) is 1. The summed E-state index contributed by atoms with van der Waals surface area (Å²) in [7, 11) is 0. The predicted octanol–water partition coefficient (Wildman–Crippen LogP) is 2.03. The van der Waals surface area contributed by atoms with Crippen LogP contribution in [0.3, 0.4) is 0 Å². The van der Waals surface area contributed by atoms with Crippen LogP contribution in [0.1, 0.15) is 30.2 Å². The molecule has 3 rings (SSSR count). The van der Waals surface area contributed by atoms with E-state index in [1.54, 1.807) is 35.1 Å². The number of carbonyl (C=O) groups excluding carboxylic acids is 2. The Balaban J connectivity index is 1.57. The molecule has 0 radical (unpaired) electrons. The average molecular weight is 345 g/mol. The van der Waals surface area contributed by atoms with E-state index in [1.807, 2.05) is 13.8 Å². The fraction of sp³-hybridized carbons (Fsp3) is 0.353. The van der Waals surface area contributed by atoms with Crippen LogP contribution in [0, 0.1) is 0 Å². The maximum atomic E-state index is 12.1. The van der Waals surface area contributed by atoms with E-state index in [-0.39, 0.29) is 6.04 Å². The lowest BCUT2D eigenvalue weighted by Crippen LogP contribution is -2.23. The number of amides is 1. The summed E-state index contributed by atoms with van der Waals surface area (Å²) in [5.74, 6) is 0.585. The minimum absolute atomic E-state index is 0.102. The molecular weight excluding hydrogens is 326 g/mol. The number of nitrogens with zero attached hydrogens (tertiary/aromatic N) is 2. The Bertz CT molecular complexity index is 784. The average Bonchev–Trinajstić information content (AvgIpc) is 3.07. The number of rotatable bonds is 5. The van der Waals surface area contributed by atoms with Gasteiger partial charge < -0.3 is 19.5 Å². The molecule has 2 heterocycles. The molecule has 0 atom stereocenters. The molecule has 8 nitrogen and oxygen atoms in total. The Labute approximate surface area is 144 Å². The molecule has 0 fully saturated rings. The highest BCUT2D eigenvalue weighted by Gasteiger charge is 2.17. The lowest BCUT2D eigenvalue weighted by Gasteiger charge is -2.18. The van der Waals surface area contributed by atoms with Crippen LogP contribution in [0.5, 0.6) is 11.5 Å². The number of hydrogen-bond donors (Lipinski definition) is 1. The SMILES string of the molecule is CC(C)n1nccc1NC(=O)COC(=O)c1ccc2c(c1)OCCO2. The zero-order valence-corrected chi connectivity index (χ0v) is 14.0. The van der Waals surface area contributed by atoms with E-state index in [9.17, 15) is 9.59 Å². The Morgan fingerprint density at radius 3 is 2.76 bits per heavy atom. The number of fused-ring (bicyclic) bond motifs is 1. The Hall–Kier alpha value is -3.03. The van der Waals surface area contributed by atoms with Crippen LogP contribution in [-0.2, 0) is 9.53 Å². The van der Waals surface area contributed by atoms with Crippen LogP contribution < -0.4 is 14.8 Å². The van der Waals surface area contributed by atoms with Gasteiger partial charge in [-0.2, -0.15) is 5.10 Å². The maximum absolute atomic E-state index is 12.1. The summed E-state index contributed by atoms with van der Waals surface area (Å²) < 4.78 is 17.5. The summed E-state index contributed by atoms with van der Waals surface area (Å²) in [6, 6.07) is 6.54. The van der Waals surface area contributed by atoms with Crippen LogP contribution in [0.25, 0.3) is 0 Å². The van der Waals surface area contributed by atoms with Crippen molar-refractivity contribution in [3.63, 3.8) is 0 Å². The minimum Gasteiger partial charge on any atom is -0.486 e. The summed E-state index contributed by atoms with van der Waals surface area (Å²) in [4.78, 5) is 24.1. The van der Waals surface area contributed by atoms with Gasteiger partial charge in [0, 0.05) is 12.1 Å². The zero-order valence-electron chi connectivity index (χ0n) is 14.0. The van der Waals surface area contributed by atoms with E-state index in [2.05, 4.69) is 10.4 Å². The molecule has 2 aromatic rings. The van der Waals surface area contributed by atoms with E-state index < -0.39 is 18.5 Å². The first kappa shape index (κ1) is 16.8. The normalized spacial score (nSPS) is 12.8. The quantitative estimate of drug-likeness (QED) is 0.834. The summed E-state index contributed by atoms with van der Waals surface area (Å²) in [6.45, 7) is 4.41. The fourth-order valence-corrected chi connectivity index (χ4v) is 2.39. The fourth-order valence-electron chi connectivity index (χ4n) is 2.39. The van der Waals surface area contributed by atoms with E-state index >= 15 is 0 Å². The van der Waals surface area contributed by atoms with Crippen molar-refractivity contribution in [1.29, 1.82) is 0 Å². The second-order valence-corrected chi connectivity index (χ2v) is 5.74. The lowest BCUT2D eigenvalue weighted by molar-refractivity contribution is -0.119. The monoisotopic (exact) mass is 345 g/mol. The third-order valence-corrected chi connectivity index (χ3v) is 3.54. The molecule has 0 spiro atoms. The third kappa shape index (κ3) is 3.90. The van der Waals surface area contributed by atoms with Gasteiger partial charge >= 0.3 is 5.97 Å². The van der Waals surface area contributed by atoms with Gasteiger partial charge in [-0.3, -0.25) is 4.79 Å². The van der Waals surface area contributed by atoms with E-state index in [4.69, 9.17) is 14.2 Å². The van der Waals surface area contributed by atoms with Gasteiger partial charge in [-0.15, -0.1) is 0 Å². The molecule has 1 aromatic carbocycles. The number of esters is 1. The molecule has 0 saturated heterocycles. The van der Waals surface area contributed by atoms with Crippen LogP contribution in [0.2, 0.25) is 0 Å². The highest BCUT2D eigenvalue weighted by atomic mass is 16.6. The molecule has 0 saturated carbocycles. The van der Waals surface area contributed by atoms with Gasteiger partial charge in [0.2, 0.25) is 0 Å². The van der Waals surface area contributed by atoms with Crippen molar-refractivity contribution < 1.29 is 23.8 Å². The molecule has 25 heavy (non-hydrogen) atoms. The molecule has 0 unspecified atom stereocenters. The van der Waals surface area contributed by atoms with Crippen molar-refractivity contribution in [2.45, 2.75) is 19.9 Å². The molecule has 1 amide bonds. The van der Waals surface area contributed by atoms with Crippen LogP contribution in [0.15, 0.2) is 30.5 Å². The number of anilines is 1. The molecular formula is C17H19N3O5. The first-order chi connectivity index (χ1) is 12.0. The Morgan fingerprint density at radius 2 is 2.00 bits per heavy atom. The molecule has 0 bridgehead atoms. The topological polar surface area (TPSA) is 91.7 Å². The highest BCUT2D eigenvalue weighted by Crippen LogP contribution is 2.30. The van der Waals surface area contributed by atoms with Crippen LogP contribution >= 0.6 is 0 Å².